The third-order valence-corrected chi connectivity index (χ3v) is 4.79. The van der Waals surface area contributed by atoms with E-state index >= 15 is 0 Å². The van der Waals surface area contributed by atoms with Crippen LogP contribution in [0, 0.1) is 17.8 Å². The van der Waals surface area contributed by atoms with Crippen molar-refractivity contribution >= 4 is 11.9 Å². The lowest BCUT2D eigenvalue weighted by atomic mass is 9.81. The Labute approximate surface area is 115 Å². The molecule has 108 valence electrons. The fourth-order valence-corrected chi connectivity index (χ4v) is 3.29. The van der Waals surface area contributed by atoms with Gasteiger partial charge in [0.05, 0.1) is 5.92 Å². The molecule has 1 unspecified atom stereocenters. The molecule has 0 aromatic heterocycles. The van der Waals surface area contributed by atoms with Crippen molar-refractivity contribution in [3.8, 4) is 0 Å². The molecular weight excluding hydrogens is 242 g/mol. The largest absolute Gasteiger partial charge is 0.481 e. The van der Waals surface area contributed by atoms with Gasteiger partial charge in [0, 0.05) is 19.5 Å². The SMILES string of the molecule is CC1CCC(CCN2CC(C(=O)O)CCC2=O)CC1. The van der Waals surface area contributed by atoms with Gasteiger partial charge in [0.25, 0.3) is 0 Å². The number of amides is 1. The van der Waals surface area contributed by atoms with Crippen molar-refractivity contribution in [3.63, 3.8) is 0 Å². The maximum atomic E-state index is 11.8. The third-order valence-electron chi connectivity index (χ3n) is 4.79. The zero-order chi connectivity index (χ0) is 13.8. The molecule has 2 fully saturated rings. The van der Waals surface area contributed by atoms with Crippen LogP contribution < -0.4 is 0 Å². The topological polar surface area (TPSA) is 57.6 Å². The number of carbonyl (C=O) groups excluding carboxylic acids is 1. The van der Waals surface area contributed by atoms with E-state index in [-0.39, 0.29) is 11.8 Å². The molecule has 0 radical (unpaired) electrons. The van der Waals surface area contributed by atoms with Crippen molar-refractivity contribution in [1.82, 2.24) is 4.90 Å². The minimum atomic E-state index is -0.760. The fourth-order valence-electron chi connectivity index (χ4n) is 3.29. The molecule has 1 N–H and O–H groups in total. The van der Waals surface area contributed by atoms with Crippen LogP contribution in [0.4, 0.5) is 0 Å². The molecule has 0 spiro atoms. The average molecular weight is 267 g/mol. The molecule has 1 aliphatic carbocycles. The molecule has 1 aliphatic heterocycles. The normalized spacial score (nSPS) is 32.4. The van der Waals surface area contributed by atoms with E-state index in [4.69, 9.17) is 5.11 Å². The van der Waals surface area contributed by atoms with Crippen molar-refractivity contribution in [2.45, 2.75) is 51.9 Å². The van der Waals surface area contributed by atoms with Crippen LogP contribution in [-0.2, 0) is 9.59 Å². The highest BCUT2D eigenvalue weighted by Crippen LogP contribution is 2.31. The zero-order valence-corrected chi connectivity index (χ0v) is 11.8. The van der Waals surface area contributed by atoms with Gasteiger partial charge in [-0.1, -0.05) is 32.6 Å². The molecule has 0 aromatic rings. The highest BCUT2D eigenvalue weighted by molar-refractivity contribution is 5.80. The quantitative estimate of drug-likeness (QED) is 0.851. The van der Waals surface area contributed by atoms with Gasteiger partial charge in [-0.25, -0.2) is 0 Å². The summed E-state index contributed by atoms with van der Waals surface area (Å²) in [6.45, 7) is 3.47. The van der Waals surface area contributed by atoms with Crippen LogP contribution in [-0.4, -0.2) is 35.0 Å². The Morgan fingerprint density at radius 3 is 2.58 bits per heavy atom. The molecule has 1 amide bonds. The Morgan fingerprint density at radius 1 is 1.26 bits per heavy atom. The number of hydrogen-bond acceptors (Lipinski definition) is 2. The molecule has 0 aromatic carbocycles. The summed E-state index contributed by atoms with van der Waals surface area (Å²) >= 11 is 0. The smallest absolute Gasteiger partial charge is 0.308 e. The van der Waals surface area contributed by atoms with Crippen LogP contribution in [0.15, 0.2) is 0 Å². The molecular formula is C15H25NO3. The van der Waals surface area contributed by atoms with Crippen LogP contribution >= 0.6 is 0 Å². The first-order valence-corrected chi connectivity index (χ1v) is 7.57. The predicted octanol–water partition coefficient (Wildman–Crippen LogP) is 2.53. The Hall–Kier alpha value is -1.06. The van der Waals surface area contributed by atoms with Crippen LogP contribution in [0.2, 0.25) is 0 Å². The lowest BCUT2D eigenvalue weighted by molar-refractivity contribution is -0.147. The number of carboxylic acid groups (broad SMARTS) is 1. The molecule has 4 nitrogen and oxygen atoms in total. The van der Waals surface area contributed by atoms with E-state index in [0.29, 0.717) is 19.4 Å². The van der Waals surface area contributed by atoms with Crippen molar-refractivity contribution < 1.29 is 14.7 Å². The number of carboxylic acids is 1. The second-order valence-electron chi connectivity index (χ2n) is 6.33. The second-order valence-corrected chi connectivity index (χ2v) is 6.33. The predicted molar refractivity (Wildman–Crippen MR) is 72.7 cm³/mol. The summed E-state index contributed by atoms with van der Waals surface area (Å²) in [4.78, 5) is 24.6. The van der Waals surface area contributed by atoms with Crippen molar-refractivity contribution in [1.29, 1.82) is 0 Å². The van der Waals surface area contributed by atoms with Gasteiger partial charge in [0.2, 0.25) is 5.91 Å². The summed E-state index contributed by atoms with van der Waals surface area (Å²) in [5.41, 5.74) is 0. The molecule has 1 saturated carbocycles. The van der Waals surface area contributed by atoms with E-state index in [0.717, 1.165) is 24.8 Å². The van der Waals surface area contributed by atoms with E-state index in [2.05, 4.69) is 6.92 Å². The Balaban J connectivity index is 1.77. The molecule has 2 rings (SSSR count). The Morgan fingerprint density at radius 2 is 1.95 bits per heavy atom. The summed E-state index contributed by atoms with van der Waals surface area (Å²) in [6, 6.07) is 0. The number of likely N-dealkylation sites (tertiary alicyclic amines) is 1. The summed E-state index contributed by atoms with van der Waals surface area (Å²) in [5.74, 6) is 0.605. The highest BCUT2D eigenvalue weighted by atomic mass is 16.4. The van der Waals surface area contributed by atoms with Crippen LogP contribution in [0.25, 0.3) is 0 Å². The van der Waals surface area contributed by atoms with Crippen molar-refractivity contribution in [2.75, 3.05) is 13.1 Å². The first-order chi connectivity index (χ1) is 9.06. The molecule has 2 aliphatic rings. The van der Waals surface area contributed by atoms with Gasteiger partial charge < -0.3 is 10.0 Å². The average Bonchev–Trinajstić information content (AvgIpc) is 2.39. The van der Waals surface area contributed by atoms with Crippen LogP contribution in [0.3, 0.4) is 0 Å². The van der Waals surface area contributed by atoms with E-state index in [1.54, 1.807) is 4.90 Å². The lowest BCUT2D eigenvalue weighted by Crippen LogP contribution is -2.43. The first-order valence-electron chi connectivity index (χ1n) is 7.57. The van der Waals surface area contributed by atoms with E-state index < -0.39 is 5.97 Å². The number of carbonyl (C=O) groups is 2. The summed E-state index contributed by atoms with van der Waals surface area (Å²) < 4.78 is 0. The molecule has 1 saturated heterocycles. The lowest BCUT2D eigenvalue weighted by Gasteiger charge is -2.33. The monoisotopic (exact) mass is 267 g/mol. The highest BCUT2D eigenvalue weighted by Gasteiger charge is 2.30. The number of hydrogen-bond donors (Lipinski definition) is 1. The molecule has 0 bridgehead atoms. The van der Waals surface area contributed by atoms with Gasteiger partial charge in [-0.2, -0.15) is 0 Å². The third kappa shape index (κ3) is 3.95. The number of nitrogens with zero attached hydrogens (tertiary/aromatic N) is 1. The summed E-state index contributed by atoms with van der Waals surface area (Å²) in [5, 5.41) is 9.05. The summed E-state index contributed by atoms with van der Waals surface area (Å²) in [6.07, 6.45) is 7.10. The van der Waals surface area contributed by atoms with Gasteiger partial charge >= 0.3 is 5.97 Å². The molecule has 19 heavy (non-hydrogen) atoms. The number of aliphatic carboxylic acids is 1. The van der Waals surface area contributed by atoms with Gasteiger partial charge in [-0.05, 0) is 24.7 Å². The second kappa shape index (κ2) is 6.40. The van der Waals surface area contributed by atoms with Gasteiger partial charge in [-0.3, -0.25) is 9.59 Å². The fraction of sp³-hybridized carbons (Fsp3) is 0.867. The first kappa shape index (κ1) is 14.4. The Bertz CT molecular complexity index is 334. The van der Waals surface area contributed by atoms with E-state index in [9.17, 15) is 9.59 Å². The minimum absolute atomic E-state index is 0.140. The maximum absolute atomic E-state index is 11.8. The van der Waals surface area contributed by atoms with Gasteiger partial charge in [0.15, 0.2) is 0 Å². The van der Waals surface area contributed by atoms with Gasteiger partial charge in [-0.15, -0.1) is 0 Å². The molecule has 1 heterocycles. The Kier molecular flexibility index (Phi) is 4.83. The standard InChI is InChI=1S/C15H25NO3/c1-11-2-4-12(5-3-11)8-9-16-10-13(15(18)19)6-7-14(16)17/h11-13H,2-10H2,1H3,(H,18,19). The van der Waals surface area contributed by atoms with E-state index in [1.807, 2.05) is 0 Å². The van der Waals surface area contributed by atoms with E-state index in [1.165, 1.54) is 25.7 Å². The minimum Gasteiger partial charge on any atom is -0.481 e. The molecule has 4 heteroatoms. The van der Waals surface area contributed by atoms with Crippen molar-refractivity contribution in [2.24, 2.45) is 17.8 Å². The van der Waals surface area contributed by atoms with Crippen LogP contribution in [0.5, 0.6) is 0 Å². The van der Waals surface area contributed by atoms with Crippen molar-refractivity contribution in [3.05, 3.63) is 0 Å². The summed E-state index contributed by atoms with van der Waals surface area (Å²) in [7, 11) is 0. The zero-order valence-electron chi connectivity index (χ0n) is 11.8. The maximum Gasteiger partial charge on any atom is 0.308 e. The number of rotatable bonds is 4. The van der Waals surface area contributed by atoms with Crippen LogP contribution in [0.1, 0.15) is 51.9 Å². The van der Waals surface area contributed by atoms with Gasteiger partial charge in [0.1, 0.15) is 0 Å². The molecule has 1 atom stereocenters. The number of piperidine rings is 1.